The van der Waals surface area contributed by atoms with Crippen molar-refractivity contribution < 1.29 is 14.9 Å². The molecule has 5 atom stereocenters. The molecule has 0 radical (unpaired) electrons. The topological polar surface area (TPSA) is 49.7 Å². The van der Waals surface area contributed by atoms with Gasteiger partial charge in [-0.1, -0.05) is 31.2 Å². The van der Waals surface area contributed by atoms with Crippen LogP contribution in [0.4, 0.5) is 0 Å². The molecule has 0 unspecified atom stereocenters. The number of aliphatic hydroxyl groups excluding tert-OH is 1. The van der Waals surface area contributed by atoms with Crippen LogP contribution in [0.5, 0.6) is 11.5 Å². The molecule has 4 rings (SSSR count). The molecule has 2 aliphatic rings. The van der Waals surface area contributed by atoms with E-state index >= 15 is 0 Å². The van der Waals surface area contributed by atoms with Crippen LogP contribution in [-0.2, 0) is 0 Å². The summed E-state index contributed by atoms with van der Waals surface area (Å²) in [6.07, 6.45) is 7.04. The predicted molar refractivity (Wildman–Crippen MR) is 126 cm³/mol. The van der Waals surface area contributed by atoms with Crippen molar-refractivity contribution in [3.8, 4) is 11.5 Å². The molecule has 3 nitrogen and oxygen atoms in total. The van der Waals surface area contributed by atoms with Crippen molar-refractivity contribution in [2.75, 3.05) is 12.5 Å². The standard InChI is InChI=1S/C27H35ClO3/c1-27-18-25(20-7-12-23(13-8-20)31-16-4-2-3-15-28)24(17-21(27)9-14-26(27)30)19-5-10-22(29)11-6-19/h5-8,10-13,21,24-26,29-30H,2-4,9,14-18H2,1H3/t21-,24-,25+,26-,27-/m0/s1. The molecule has 2 aromatic carbocycles. The molecule has 31 heavy (non-hydrogen) atoms. The van der Waals surface area contributed by atoms with Gasteiger partial charge in [0.25, 0.3) is 0 Å². The average Bonchev–Trinajstić information content (AvgIpc) is 3.07. The van der Waals surface area contributed by atoms with Gasteiger partial charge in [-0.05, 0) is 104 Å². The number of benzene rings is 2. The zero-order valence-electron chi connectivity index (χ0n) is 18.5. The fraction of sp³-hybridized carbons (Fsp3) is 0.556. The highest BCUT2D eigenvalue weighted by Crippen LogP contribution is 2.60. The lowest BCUT2D eigenvalue weighted by Crippen LogP contribution is -2.40. The summed E-state index contributed by atoms with van der Waals surface area (Å²) in [7, 11) is 0. The van der Waals surface area contributed by atoms with Crippen LogP contribution in [-0.4, -0.2) is 28.8 Å². The zero-order valence-corrected chi connectivity index (χ0v) is 19.2. The molecule has 0 spiro atoms. The number of rotatable bonds is 8. The normalized spacial score (nSPS) is 30.2. The van der Waals surface area contributed by atoms with Gasteiger partial charge in [-0.25, -0.2) is 0 Å². The molecule has 0 aliphatic heterocycles. The molecule has 0 heterocycles. The fourth-order valence-electron chi connectivity index (χ4n) is 5.88. The van der Waals surface area contributed by atoms with Gasteiger partial charge in [0.05, 0.1) is 12.7 Å². The maximum absolute atomic E-state index is 10.8. The first kappa shape index (κ1) is 22.5. The van der Waals surface area contributed by atoms with E-state index < -0.39 is 0 Å². The number of halogens is 1. The summed E-state index contributed by atoms with van der Waals surface area (Å²) in [5.41, 5.74) is 2.58. The number of aromatic hydroxyl groups is 1. The Morgan fingerprint density at radius 2 is 1.61 bits per heavy atom. The Balaban J connectivity index is 1.53. The van der Waals surface area contributed by atoms with Crippen LogP contribution < -0.4 is 4.74 Å². The maximum atomic E-state index is 10.8. The van der Waals surface area contributed by atoms with Gasteiger partial charge >= 0.3 is 0 Å². The van der Waals surface area contributed by atoms with Crippen LogP contribution in [0.3, 0.4) is 0 Å². The second-order valence-corrected chi connectivity index (χ2v) is 10.1. The molecular weight excluding hydrogens is 408 g/mol. The van der Waals surface area contributed by atoms with Gasteiger partial charge in [0.1, 0.15) is 11.5 Å². The largest absolute Gasteiger partial charge is 0.508 e. The first-order valence-electron chi connectivity index (χ1n) is 11.8. The number of phenolic OH excluding ortho intramolecular Hbond substituents is 1. The quantitative estimate of drug-likeness (QED) is 0.356. The molecule has 0 bridgehead atoms. The Bertz CT molecular complexity index is 835. The predicted octanol–water partition coefficient (Wildman–Crippen LogP) is 6.62. The minimum Gasteiger partial charge on any atom is -0.508 e. The lowest BCUT2D eigenvalue weighted by Gasteiger charge is -2.47. The summed E-state index contributed by atoms with van der Waals surface area (Å²) in [5, 5.41) is 20.5. The molecule has 2 aromatic rings. The van der Waals surface area contributed by atoms with Crippen LogP contribution in [0.15, 0.2) is 48.5 Å². The van der Waals surface area contributed by atoms with Crippen molar-refractivity contribution in [3.63, 3.8) is 0 Å². The number of hydrogen-bond donors (Lipinski definition) is 2. The third-order valence-corrected chi connectivity index (χ3v) is 8.11. The minimum absolute atomic E-state index is 0.0182. The summed E-state index contributed by atoms with van der Waals surface area (Å²) >= 11 is 5.74. The average molecular weight is 443 g/mol. The number of hydrogen-bond acceptors (Lipinski definition) is 3. The van der Waals surface area contributed by atoms with Gasteiger partial charge < -0.3 is 14.9 Å². The SMILES string of the molecule is C[C@]12C[C@H](c3ccc(OCCCCCCl)cc3)[C@H](c3ccc(O)cc3)C[C@@H]1CC[C@@H]2O. The van der Waals surface area contributed by atoms with E-state index in [4.69, 9.17) is 16.3 Å². The second-order valence-electron chi connectivity index (χ2n) is 9.71. The number of alkyl halides is 1. The molecule has 0 amide bonds. The van der Waals surface area contributed by atoms with E-state index in [0.29, 0.717) is 29.4 Å². The summed E-state index contributed by atoms with van der Waals surface area (Å²) in [5.74, 6) is 3.23. The number of ether oxygens (including phenoxy) is 1. The lowest BCUT2D eigenvalue weighted by molar-refractivity contribution is 0.000544. The van der Waals surface area contributed by atoms with Crippen LogP contribution in [0.2, 0.25) is 0 Å². The third-order valence-electron chi connectivity index (χ3n) is 7.84. The third kappa shape index (κ3) is 4.88. The van der Waals surface area contributed by atoms with Gasteiger partial charge in [0.2, 0.25) is 0 Å². The summed E-state index contributed by atoms with van der Waals surface area (Å²) in [4.78, 5) is 0. The first-order valence-corrected chi connectivity index (χ1v) is 12.3. The van der Waals surface area contributed by atoms with Crippen LogP contribution >= 0.6 is 11.6 Å². The molecule has 4 heteroatoms. The summed E-state index contributed by atoms with van der Waals surface area (Å²) in [6.45, 7) is 3.01. The minimum atomic E-state index is -0.212. The van der Waals surface area contributed by atoms with Gasteiger partial charge in [-0.3, -0.25) is 0 Å². The van der Waals surface area contributed by atoms with Crippen molar-refractivity contribution in [2.24, 2.45) is 11.3 Å². The van der Waals surface area contributed by atoms with E-state index in [1.807, 2.05) is 0 Å². The van der Waals surface area contributed by atoms with Crippen molar-refractivity contribution in [1.29, 1.82) is 0 Å². The monoisotopic (exact) mass is 442 g/mol. The van der Waals surface area contributed by atoms with Crippen LogP contribution in [0, 0.1) is 11.3 Å². The van der Waals surface area contributed by atoms with Crippen molar-refractivity contribution in [1.82, 2.24) is 0 Å². The number of aliphatic hydroxyl groups is 1. The number of fused-ring (bicyclic) bond motifs is 1. The summed E-state index contributed by atoms with van der Waals surface area (Å²) in [6, 6.07) is 16.3. The van der Waals surface area contributed by atoms with Crippen molar-refractivity contribution in [3.05, 3.63) is 59.7 Å². The van der Waals surface area contributed by atoms with Gasteiger partial charge in [-0.15, -0.1) is 11.6 Å². The van der Waals surface area contributed by atoms with Gasteiger partial charge in [0.15, 0.2) is 0 Å². The van der Waals surface area contributed by atoms with E-state index in [0.717, 1.165) is 57.3 Å². The van der Waals surface area contributed by atoms with Crippen LogP contribution in [0.1, 0.15) is 74.8 Å². The molecule has 2 fully saturated rings. The van der Waals surface area contributed by atoms with E-state index in [2.05, 4.69) is 43.3 Å². The zero-order chi connectivity index (χ0) is 21.8. The Morgan fingerprint density at radius 1 is 0.935 bits per heavy atom. The lowest BCUT2D eigenvalue weighted by atomic mass is 9.58. The Kier molecular flexibility index (Phi) is 7.13. The Hall–Kier alpha value is -1.71. The van der Waals surface area contributed by atoms with Gasteiger partial charge in [0, 0.05) is 5.88 Å². The molecule has 2 aliphatic carbocycles. The highest BCUT2D eigenvalue weighted by molar-refractivity contribution is 6.17. The van der Waals surface area contributed by atoms with E-state index in [9.17, 15) is 10.2 Å². The molecular formula is C27H35ClO3. The molecule has 0 saturated heterocycles. The summed E-state index contributed by atoms with van der Waals surface area (Å²) < 4.78 is 5.91. The number of phenols is 1. The van der Waals surface area contributed by atoms with E-state index in [-0.39, 0.29) is 11.5 Å². The molecule has 0 aromatic heterocycles. The van der Waals surface area contributed by atoms with E-state index in [1.54, 1.807) is 12.1 Å². The number of unbranched alkanes of at least 4 members (excludes halogenated alkanes) is 2. The second kappa shape index (κ2) is 9.83. The Morgan fingerprint density at radius 3 is 2.32 bits per heavy atom. The molecule has 2 N–H and O–H groups in total. The molecule has 2 saturated carbocycles. The Labute approximate surface area is 191 Å². The van der Waals surface area contributed by atoms with Crippen LogP contribution in [0.25, 0.3) is 0 Å². The van der Waals surface area contributed by atoms with Crippen molar-refractivity contribution >= 4 is 11.6 Å². The highest BCUT2D eigenvalue weighted by atomic mass is 35.5. The molecule has 168 valence electrons. The fourth-order valence-corrected chi connectivity index (χ4v) is 6.07. The first-order chi connectivity index (χ1) is 15.0. The smallest absolute Gasteiger partial charge is 0.119 e. The highest BCUT2D eigenvalue weighted by Gasteiger charge is 2.52. The van der Waals surface area contributed by atoms with Crippen molar-refractivity contribution in [2.45, 2.75) is 69.8 Å². The van der Waals surface area contributed by atoms with Gasteiger partial charge in [-0.2, -0.15) is 0 Å². The maximum Gasteiger partial charge on any atom is 0.119 e. The van der Waals surface area contributed by atoms with E-state index in [1.165, 1.54) is 11.1 Å².